The molecule has 1 amide bonds. The van der Waals surface area contributed by atoms with Gasteiger partial charge in [-0.05, 0) is 50.3 Å². The Morgan fingerprint density at radius 2 is 1.93 bits per heavy atom. The van der Waals surface area contributed by atoms with Crippen LogP contribution in [0.4, 0.5) is 5.69 Å². The second-order valence-corrected chi connectivity index (χ2v) is 8.23. The molecule has 5 heteroatoms. The van der Waals surface area contributed by atoms with Crippen LogP contribution in [0.25, 0.3) is 21.9 Å². The third kappa shape index (κ3) is 3.91. The van der Waals surface area contributed by atoms with E-state index in [9.17, 15) is 4.79 Å². The fraction of sp³-hybridized carbons (Fsp3) is 0.292. The lowest BCUT2D eigenvalue weighted by molar-refractivity contribution is 0.0996. The summed E-state index contributed by atoms with van der Waals surface area (Å²) >= 11 is 0. The number of para-hydroxylation sites is 1. The van der Waals surface area contributed by atoms with Gasteiger partial charge in [-0.1, -0.05) is 32.0 Å². The van der Waals surface area contributed by atoms with Gasteiger partial charge in [0.2, 0.25) is 0 Å². The first-order valence-corrected chi connectivity index (χ1v) is 9.97. The van der Waals surface area contributed by atoms with Gasteiger partial charge >= 0.3 is 0 Å². The van der Waals surface area contributed by atoms with Crippen LogP contribution in [0.5, 0.6) is 0 Å². The fourth-order valence-electron chi connectivity index (χ4n) is 3.77. The van der Waals surface area contributed by atoms with Crippen LogP contribution in [0.2, 0.25) is 0 Å². The zero-order valence-corrected chi connectivity index (χ0v) is 17.4. The number of hydrogen-bond acceptors (Lipinski definition) is 3. The minimum atomic E-state index is -0.223. The van der Waals surface area contributed by atoms with Gasteiger partial charge in [0.05, 0.1) is 0 Å². The van der Waals surface area contributed by atoms with Crippen LogP contribution in [0.3, 0.4) is 0 Å². The summed E-state index contributed by atoms with van der Waals surface area (Å²) in [6.45, 7) is 6.02. The SMILES string of the molecule is CC(C)Cn1ccc2cc(NC(=O)c3oc4ccccc4c3CN(C)C)ccc21. The van der Waals surface area contributed by atoms with Gasteiger partial charge in [-0.3, -0.25) is 4.79 Å². The van der Waals surface area contributed by atoms with Crippen molar-refractivity contribution in [3.63, 3.8) is 0 Å². The van der Waals surface area contributed by atoms with Gasteiger partial charge in [-0.2, -0.15) is 0 Å². The molecule has 0 fully saturated rings. The van der Waals surface area contributed by atoms with Crippen LogP contribution in [0, 0.1) is 5.92 Å². The van der Waals surface area contributed by atoms with E-state index in [1.165, 1.54) is 5.52 Å². The fourth-order valence-corrected chi connectivity index (χ4v) is 3.77. The molecule has 4 rings (SSSR count). The highest BCUT2D eigenvalue weighted by Gasteiger charge is 2.21. The first kappa shape index (κ1) is 19.3. The molecule has 0 aliphatic heterocycles. The number of anilines is 1. The van der Waals surface area contributed by atoms with E-state index in [1.54, 1.807) is 0 Å². The molecule has 0 spiro atoms. The lowest BCUT2D eigenvalue weighted by atomic mass is 10.1. The predicted molar refractivity (Wildman–Crippen MR) is 118 cm³/mol. The van der Waals surface area contributed by atoms with Crippen LogP contribution in [0.15, 0.2) is 59.1 Å². The van der Waals surface area contributed by atoms with Crippen LogP contribution >= 0.6 is 0 Å². The van der Waals surface area contributed by atoms with Crippen molar-refractivity contribution in [1.29, 1.82) is 0 Å². The highest BCUT2D eigenvalue weighted by Crippen LogP contribution is 2.28. The van der Waals surface area contributed by atoms with Gasteiger partial charge in [0.1, 0.15) is 5.58 Å². The van der Waals surface area contributed by atoms with Crippen LogP contribution in [-0.2, 0) is 13.1 Å². The third-order valence-electron chi connectivity index (χ3n) is 4.97. The predicted octanol–water partition coefficient (Wildman–Crippen LogP) is 5.36. The number of benzene rings is 2. The molecule has 0 radical (unpaired) electrons. The van der Waals surface area contributed by atoms with Crippen molar-refractivity contribution in [2.24, 2.45) is 5.92 Å². The molecule has 2 aromatic heterocycles. The summed E-state index contributed by atoms with van der Waals surface area (Å²) in [4.78, 5) is 15.1. The van der Waals surface area contributed by atoms with Crippen molar-refractivity contribution in [3.05, 3.63) is 66.1 Å². The van der Waals surface area contributed by atoms with Crippen LogP contribution < -0.4 is 5.32 Å². The number of carbonyl (C=O) groups excluding carboxylic acids is 1. The number of hydrogen-bond donors (Lipinski definition) is 1. The van der Waals surface area contributed by atoms with Gasteiger partial charge in [-0.15, -0.1) is 0 Å². The highest BCUT2D eigenvalue weighted by molar-refractivity contribution is 6.07. The van der Waals surface area contributed by atoms with Crippen molar-refractivity contribution in [2.45, 2.75) is 26.9 Å². The average Bonchev–Trinajstić information content (AvgIpc) is 3.23. The molecule has 5 nitrogen and oxygen atoms in total. The lowest BCUT2D eigenvalue weighted by Gasteiger charge is -2.11. The van der Waals surface area contributed by atoms with Gasteiger partial charge in [0.15, 0.2) is 5.76 Å². The monoisotopic (exact) mass is 389 g/mol. The Morgan fingerprint density at radius 3 is 2.69 bits per heavy atom. The maximum absolute atomic E-state index is 13.0. The summed E-state index contributed by atoms with van der Waals surface area (Å²) in [5.41, 5.74) is 3.58. The number of amides is 1. The maximum atomic E-state index is 13.0. The molecule has 0 unspecified atom stereocenters. The Balaban J connectivity index is 1.64. The maximum Gasteiger partial charge on any atom is 0.291 e. The standard InChI is InChI=1S/C24H27N3O2/c1-16(2)14-27-12-11-17-13-18(9-10-21(17)27)25-24(28)23-20(15-26(3)4)19-7-5-6-8-22(19)29-23/h5-13,16H,14-15H2,1-4H3,(H,25,28). The van der Waals surface area contributed by atoms with Crippen molar-refractivity contribution in [1.82, 2.24) is 9.47 Å². The zero-order chi connectivity index (χ0) is 20.5. The molecule has 0 atom stereocenters. The molecular weight excluding hydrogens is 362 g/mol. The van der Waals surface area contributed by atoms with Crippen LogP contribution in [0.1, 0.15) is 30.0 Å². The summed E-state index contributed by atoms with van der Waals surface area (Å²) in [5, 5.41) is 5.11. The molecule has 29 heavy (non-hydrogen) atoms. The van der Waals surface area contributed by atoms with Gasteiger partial charge in [0, 0.05) is 46.8 Å². The molecular formula is C24H27N3O2. The lowest BCUT2D eigenvalue weighted by Crippen LogP contribution is -2.17. The van der Waals surface area contributed by atoms with Gasteiger partial charge in [0.25, 0.3) is 5.91 Å². The minimum absolute atomic E-state index is 0.223. The van der Waals surface area contributed by atoms with Crippen molar-refractivity contribution in [2.75, 3.05) is 19.4 Å². The Bertz CT molecular complexity index is 1170. The second-order valence-electron chi connectivity index (χ2n) is 8.23. The van der Waals surface area contributed by atoms with E-state index in [2.05, 4.69) is 42.1 Å². The van der Waals surface area contributed by atoms with E-state index < -0.39 is 0 Å². The van der Waals surface area contributed by atoms with Crippen molar-refractivity contribution in [3.8, 4) is 0 Å². The average molecular weight is 389 g/mol. The number of carbonyl (C=O) groups is 1. The molecule has 0 saturated carbocycles. The van der Waals surface area contributed by atoms with E-state index in [1.807, 2.05) is 55.4 Å². The van der Waals surface area contributed by atoms with E-state index in [0.29, 0.717) is 18.2 Å². The summed E-state index contributed by atoms with van der Waals surface area (Å²) < 4.78 is 8.18. The molecule has 0 aliphatic carbocycles. The normalized spacial score (nSPS) is 11.8. The molecule has 0 aliphatic rings. The molecule has 2 heterocycles. The topological polar surface area (TPSA) is 50.4 Å². The number of nitrogens with one attached hydrogen (secondary N) is 1. The molecule has 4 aromatic rings. The molecule has 0 saturated heterocycles. The number of nitrogens with zero attached hydrogens (tertiary/aromatic N) is 2. The van der Waals surface area contributed by atoms with E-state index >= 15 is 0 Å². The Hall–Kier alpha value is -3.05. The van der Waals surface area contributed by atoms with Crippen molar-refractivity contribution >= 4 is 33.5 Å². The second kappa shape index (κ2) is 7.76. The summed E-state index contributed by atoms with van der Waals surface area (Å²) in [6, 6.07) is 15.9. The minimum Gasteiger partial charge on any atom is -0.451 e. The number of furan rings is 1. The summed E-state index contributed by atoms with van der Waals surface area (Å²) in [5.74, 6) is 0.726. The van der Waals surface area contributed by atoms with E-state index in [0.717, 1.165) is 34.2 Å². The Labute approximate surface area is 170 Å². The summed E-state index contributed by atoms with van der Waals surface area (Å²) in [7, 11) is 3.97. The smallest absolute Gasteiger partial charge is 0.291 e. The van der Waals surface area contributed by atoms with E-state index in [4.69, 9.17) is 4.42 Å². The first-order valence-electron chi connectivity index (χ1n) is 9.97. The number of aromatic nitrogens is 1. The van der Waals surface area contributed by atoms with E-state index in [-0.39, 0.29) is 5.91 Å². The molecule has 0 bridgehead atoms. The highest BCUT2D eigenvalue weighted by atomic mass is 16.3. The quantitative estimate of drug-likeness (QED) is 0.483. The van der Waals surface area contributed by atoms with Gasteiger partial charge < -0.3 is 19.2 Å². The summed E-state index contributed by atoms with van der Waals surface area (Å²) in [6.07, 6.45) is 2.10. The number of fused-ring (bicyclic) bond motifs is 2. The molecule has 2 aromatic carbocycles. The van der Waals surface area contributed by atoms with Crippen LogP contribution in [-0.4, -0.2) is 29.5 Å². The van der Waals surface area contributed by atoms with Crippen molar-refractivity contribution < 1.29 is 9.21 Å². The molecule has 1 N–H and O–H groups in total. The van der Waals surface area contributed by atoms with Gasteiger partial charge in [-0.25, -0.2) is 0 Å². The first-order chi connectivity index (χ1) is 13.9. The zero-order valence-electron chi connectivity index (χ0n) is 17.4. The third-order valence-corrected chi connectivity index (χ3v) is 4.97. The Kier molecular flexibility index (Phi) is 5.16. The number of rotatable bonds is 6. The molecule has 150 valence electrons. The Morgan fingerprint density at radius 1 is 1.14 bits per heavy atom. The largest absolute Gasteiger partial charge is 0.451 e.